The molecule has 1 fully saturated rings. The van der Waals surface area contributed by atoms with Crippen LogP contribution in [-0.4, -0.2) is 64.6 Å². The summed E-state index contributed by atoms with van der Waals surface area (Å²) in [6.07, 6.45) is 5.92. The maximum absolute atomic E-state index is 12.3. The Morgan fingerprint density at radius 3 is 2.62 bits per heavy atom. The van der Waals surface area contributed by atoms with Gasteiger partial charge in [-0.2, -0.15) is 0 Å². The Balaban J connectivity index is 0.00000312. The van der Waals surface area contributed by atoms with Gasteiger partial charge in [-0.05, 0) is 65.3 Å². The van der Waals surface area contributed by atoms with E-state index in [9.17, 15) is 4.79 Å². The molecule has 9 heteroatoms. The number of rotatable bonds is 9. The number of amides is 1. The fourth-order valence-electron chi connectivity index (χ4n) is 3.16. The molecule has 1 aliphatic rings. The van der Waals surface area contributed by atoms with Crippen LogP contribution >= 0.6 is 24.8 Å². The molecule has 0 bridgehead atoms. The average molecular weight is 409 g/mol. The second-order valence-electron chi connectivity index (χ2n) is 6.61. The molecule has 1 unspecified atom stereocenters. The highest BCUT2D eigenvalue weighted by molar-refractivity contribution is 5.92. The number of halogens is 2. The van der Waals surface area contributed by atoms with Crippen LogP contribution in [0.5, 0.6) is 0 Å². The third-order valence-electron chi connectivity index (χ3n) is 4.81. The molecule has 1 aliphatic heterocycles. The zero-order chi connectivity index (χ0) is 17.4. The maximum Gasteiger partial charge on any atom is 0.273 e. The van der Waals surface area contributed by atoms with Gasteiger partial charge in [-0.25, -0.2) is 4.68 Å². The van der Waals surface area contributed by atoms with Crippen LogP contribution in [0.3, 0.4) is 0 Å². The molecule has 2 N–H and O–H groups in total. The van der Waals surface area contributed by atoms with Gasteiger partial charge in [0.25, 0.3) is 5.91 Å². The van der Waals surface area contributed by atoms with Gasteiger partial charge < -0.3 is 15.5 Å². The summed E-state index contributed by atoms with van der Waals surface area (Å²) in [4.78, 5) is 14.7. The first-order valence-electron chi connectivity index (χ1n) is 9.29. The lowest BCUT2D eigenvalue weighted by Crippen LogP contribution is -2.34. The van der Waals surface area contributed by atoms with Crippen LogP contribution < -0.4 is 10.6 Å². The quantitative estimate of drug-likeness (QED) is 0.655. The highest BCUT2D eigenvalue weighted by Gasteiger charge is 2.19. The lowest BCUT2D eigenvalue weighted by Gasteiger charge is -2.22. The van der Waals surface area contributed by atoms with Gasteiger partial charge in [-0.1, -0.05) is 19.1 Å². The van der Waals surface area contributed by atoms with Gasteiger partial charge in [0.2, 0.25) is 0 Å². The molecule has 1 amide bonds. The van der Waals surface area contributed by atoms with Crippen LogP contribution in [0.1, 0.15) is 63.0 Å². The molecule has 0 aromatic carbocycles. The summed E-state index contributed by atoms with van der Waals surface area (Å²) in [5.74, 6) is -0.120. The molecular weight excluding hydrogens is 375 g/mol. The summed E-state index contributed by atoms with van der Waals surface area (Å²) in [6.45, 7) is 11.6. The van der Waals surface area contributed by atoms with Crippen molar-refractivity contribution in [1.82, 2.24) is 30.5 Å². The summed E-state index contributed by atoms with van der Waals surface area (Å²) >= 11 is 0. The number of carbonyl (C=O) groups is 1. The number of aromatic nitrogens is 3. The largest absolute Gasteiger partial charge is 0.348 e. The van der Waals surface area contributed by atoms with Crippen LogP contribution in [0.2, 0.25) is 0 Å². The number of hydrogen-bond acceptors (Lipinski definition) is 5. The van der Waals surface area contributed by atoms with E-state index in [1.165, 1.54) is 0 Å². The third-order valence-corrected chi connectivity index (χ3v) is 4.81. The normalized spacial score (nSPS) is 15.8. The molecular formula is C17H34Cl2N6O. The first kappa shape index (κ1) is 25.1. The second-order valence-corrected chi connectivity index (χ2v) is 6.61. The lowest BCUT2D eigenvalue weighted by atomic mass is 10.1. The van der Waals surface area contributed by atoms with E-state index in [1.807, 2.05) is 4.68 Å². The lowest BCUT2D eigenvalue weighted by molar-refractivity contribution is 0.0932. The highest BCUT2D eigenvalue weighted by atomic mass is 35.5. The summed E-state index contributed by atoms with van der Waals surface area (Å²) in [5.41, 5.74) is 0.420. The monoisotopic (exact) mass is 408 g/mol. The Hall–Kier alpha value is -0.890. The van der Waals surface area contributed by atoms with Gasteiger partial charge in [-0.15, -0.1) is 29.9 Å². The molecule has 0 aliphatic carbocycles. The predicted molar refractivity (Wildman–Crippen MR) is 110 cm³/mol. The fraction of sp³-hybridized carbons (Fsp3) is 0.824. The maximum atomic E-state index is 12.3. The Kier molecular flexibility index (Phi) is 12.8. The molecule has 152 valence electrons. The summed E-state index contributed by atoms with van der Waals surface area (Å²) in [5, 5.41) is 14.6. The fourth-order valence-corrected chi connectivity index (χ4v) is 3.16. The average Bonchev–Trinajstić information content (AvgIpc) is 3.10. The number of hydrogen-bond donors (Lipinski definition) is 2. The molecule has 26 heavy (non-hydrogen) atoms. The Morgan fingerprint density at radius 1 is 1.35 bits per heavy atom. The highest BCUT2D eigenvalue weighted by Crippen LogP contribution is 2.17. The molecule has 2 rings (SSSR count). The van der Waals surface area contributed by atoms with E-state index in [-0.39, 0.29) is 36.8 Å². The van der Waals surface area contributed by atoms with Gasteiger partial charge in [-0.3, -0.25) is 4.79 Å². The second kappa shape index (κ2) is 13.3. The summed E-state index contributed by atoms with van der Waals surface area (Å²) < 4.78 is 1.85. The SMILES string of the molecule is CCN(CC)CCCC(C)NC(=O)c1cn(C2CCNCC2)nn1.Cl.Cl. The van der Waals surface area contributed by atoms with Crippen molar-refractivity contribution in [1.29, 1.82) is 0 Å². The van der Waals surface area contributed by atoms with Crippen molar-refractivity contribution in [2.24, 2.45) is 0 Å². The zero-order valence-electron chi connectivity index (χ0n) is 16.1. The topological polar surface area (TPSA) is 75.1 Å². The Morgan fingerprint density at radius 2 is 2.00 bits per heavy atom. The number of nitrogens with zero attached hydrogens (tertiary/aromatic N) is 4. The smallest absolute Gasteiger partial charge is 0.273 e. The third kappa shape index (κ3) is 7.78. The molecule has 0 radical (unpaired) electrons. The first-order valence-corrected chi connectivity index (χ1v) is 9.29. The van der Waals surface area contributed by atoms with Gasteiger partial charge in [0.15, 0.2) is 5.69 Å². The molecule has 2 heterocycles. The van der Waals surface area contributed by atoms with Crippen molar-refractivity contribution in [3.8, 4) is 0 Å². The van der Waals surface area contributed by atoms with E-state index in [1.54, 1.807) is 6.20 Å². The van der Waals surface area contributed by atoms with Crippen LogP contribution in [0.15, 0.2) is 6.20 Å². The summed E-state index contributed by atoms with van der Waals surface area (Å²) in [6, 6.07) is 0.504. The number of carbonyl (C=O) groups excluding carboxylic acids is 1. The van der Waals surface area contributed by atoms with Crippen LogP contribution in [0.25, 0.3) is 0 Å². The van der Waals surface area contributed by atoms with Crippen molar-refractivity contribution < 1.29 is 4.79 Å². The van der Waals surface area contributed by atoms with E-state index in [2.05, 4.69) is 46.6 Å². The molecule has 1 aromatic heterocycles. The van der Waals surface area contributed by atoms with Crippen molar-refractivity contribution in [3.63, 3.8) is 0 Å². The van der Waals surface area contributed by atoms with Crippen molar-refractivity contribution in [3.05, 3.63) is 11.9 Å². The van der Waals surface area contributed by atoms with Crippen LogP contribution in [0.4, 0.5) is 0 Å². The van der Waals surface area contributed by atoms with Crippen molar-refractivity contribution >= 4 is 30.7 Å². The van der Waals surface area contributed by atoms with Crippen molar-refractivity contribution in [2.75, 3.05) is 32.7 Å². The van der Waals surface area contributed by atoms with E-state index < -0.39 is 0 Å². The molecule has 7 nitrogen and oxygen atoms in total. The van der Waals surface area contributed by atoms with E-state index in [0.29, 0.717) is 11.7 Å². The van der Waals surface area contributed by atoms with Crippen molar-refractivity contribution in [2.45, 2.75) is 58.5 Å². The predicted octanol–water partition coefficient (Wildman–Crippen LogP) is 2.29. The van der Waals surface area contributed by atoms with E-state index in [0.717, 1.165) is 58.4 Å². The summed E-state index contributed by atoms with van der Waals surface area (Å²) in [7, 11) is 0. The Labute approximate surface area is 169 Å². The van der Waals surface area contributed by atoms with Gasteiger partial charge in [0.1, 0.15) is 0 Å². The van der Waals surface area contributed by atoms with Gasteiger partial charge >= 0.3 is 0 Å². The van der Waals surface area contributed by atoms with Crippen LogP contribution in [-0.2, 0) is 0 Å². The van der Waals surface area contributed by atoms with Gasteiger partial charge in [0, 0.05) is 6.04 Å². The minimum atomic E-state index is -0.120. The first-order chi connectivity index (χ1) is 11.6. The minimum absolute atomic E-state index is 0. The van der Waals surface area contributed by atoms with Gasteiger partial charge in [0.05, 0.1) is 12.2 Å². The van der Waals surface area contributed by atoms with Crippen LogP contribution in [0, 0.1) is 0 Å². The number of piperidine rings is 1. The molecule has 1 saturated heterocycles. The Bertz CT molecular complexity index is 503. The minimum Gasteiger partial charge on any atom is -0.348 e. The zero-order valence-corrected chi connectivity index (χ0v) is 17.7. The molecule has 0 spiro atoms. The van der Waals surface area contributed by atoms with E-state index >= 15 is 0 Å². The number of nitrogens with one attached hydrogen (secondary N) is 2. The molecule has 1 atom stereocenters. The molecule has 0 saturated carbocycles. The standard InChI is InChI=1S/C17H32N6O.2ClH/c1-4-22(5-2)12-6-7-14(3)19-17(24)16-13-23(21-20-16)15-8-10-18-11-9-15;;/h13-15,18H,4-12H2,1-3H3,(H,19,24);2*1H. The van der Waals surface area contributed by atoms with E-state index in [4.69, 9.17) is 0 Å². The molecule has 1 aromatic rings.